The zero-order valence-electron chi connectivity index (χ0n) is 16.2. The molecule has 6 nitrogen and oxygen atoms in total. The Morgan fingerprint density at radius 3 is 2.57 bits per heavy atom. The van der Waals surface area contributed by atoms with Crippen molar-refractivity contribution in [1.29, 1.82) is 0 Å². The number of benzene rings is 2. The van der Waals surface area contributed by atoms with Gasteiger partial charge in [-0.25, -0.2) is 4.79 Å². The molecule has 3 rings (SSSR count). The van der Waals surface area contributed by atoms with Crippen molar-refractivity contribution < 1.29 is 19.1 Å². The van der Waals surface area contributed by atoms with Crippen LogP contribution < -0.4 is 10.2 Å². The summed E-state index contributed by atoms with van der Waals surface area (Å²) >= 11 is 0. The average molecular weight is 380 g/mol. The number of esters is 1. The molecule has 0 saturated carbocycles. The molecule has 0 atom stereocenters. The first-order valence-corrected chi connectivity index (χ1v) is 9.37. The van der Waals surface area contributed by atoms with E-state index < -0.39 is 5.97 Å². The van der Waals surface area contributed by atoms with Crippen molar-refractivity contribution >= 4 is 23.5 Å². The van der Waals surface area contributed by atoms with Crippen LogP contribution in [0.1, 0.15) is 44.7 Å². The Morgan fingerprint density at radius 2 is 1.82 bits per heavy atom. The number of hydrogen-bond acceptors (Lipinski definition) is 4. The van der Waals surface area contributed by atoms with E-state index in [1.54, 1.807) is 23.1 Å². The van der Waals surface area contributed by atoms with E-state index in [9.17, 15) is 14.4 Å². The summed E-state index contributed by atoms with van der Waals surface area (Å²) in [5, 5.41) is 2.81. The fraction of sp³-hybridized carbons (Fsp3) is 0.318. The van der Waals surface area contributed by atoms with Crippen LogP contribution in [0.25, 0.3) is 0 Å². The summed E-state index contributed by atoms with van der Waals surface area (Å²) in [6.07, 6.45) is 1.70. The molecule has 2 aromatic carbocycles. The third kappa shape index (κ3) is 4.06. The van der Waals surface area contributed by atoms with Gasteiger partial charge in [-0.1, -0.05) is 24.3 Å². The maximum absolute atomic E-state index is 12.8. The van der Waals surface area contributed by atoms with Gasteiger partial charge in [-0.05, 0) is 49.1 Å². The zero-order chi connectivity index (χ0) is 20.1. The molecule has 1 heterocycles. The van der Waals surface area contributed by atoms with Crippen LogP contribution in [0.2, 0.25) is 0 Å². The highest BCUT2D eigenvalue weighted by Crippen LogP contribution is 2.30. The largest absolute Gasteiger partial charge is 0.465 e. The summed E-state index contributed by atoms with van der Waals surface area (Å²) in [4.78, 5) is 38.7. The standard InChI is InChI=1S/C22H24N2O4/c1-15-7-3-4-8-16(15)21(26)23-13-12-20(25)24-14-6-10-17-18(22(27)28-2)9-5-11-19(17)24/h3-5,7-9,11H,6,10,12-14H2,1-2H3,(H,23,26). The van der Waals surface area contributed by atoms with Gasteiger partial charge in [0.05, 0.1) is 12.7 Å². The van der Waals surface area contributed by atoms with Crippen molar-refractivity contribution in [2.24, 2.45) is 0 Å². The fourth-order valence-electron chi connectivity index (χ4n) is 3.53. The van der Waals surface area contributed by atoms with Gasteiger partial charge in [0.1, 0.15) is 0 Å². The number of methoxy groups -OCH3 is 1. The van der Waals surface area contributed by atoms with E-state index in [2.05, 4.69) is 5.32 Å². The highest BCUT2D eigenvalue weighted by Gasteiger charge is 2.26. The van der Waals surface area contributed by atoms with Crippen LogP contribution in [-0.4, -0.2) is 38.0 Å². The highest BCUT2D eigenvalue weighted by molar-refractivity contribution is 5.99. The van der Waals surface area contributed by atoms with Gasteiger partial charge in [-0.3, -0.25) is 9.59 Å². The number of rotatable bonds is 5. The summed E-state index contributed by atoms with van der Waals surface area (Å²) in [5.41, 5.74) is 3.61. The molecule has 2 aromatic rings. The Labute approximate surface area is 164 Å². The first kappa shape index (κ1) is 19.6. The van der Waals surface area contributed by atoms with Crippen molar-refractivity contribution in [1.82, 2.24) is 5.32 Å². The minimum absolute atomic E-state index is 0.0759. The predicted molar refractivity (Wildman–Crippen MR) is 107 cm³/mol. The van der Waals surface area contributed by atoms with Crippen molar-refractivity contribution in [2.75, 3.05) is 25.1 Å². The topological polar surface area (TPSA) is 75.7 Å². The molecule has 0 fully saturated rings. The molecule has 0 unspecified atom stereocenters. The first-order chi connectivity index (χ1) is 13.5. The van der Waals surface area contributed by atoms with Gasteiger partial charge >= 0.3 is 5.97 Å². The van der Waals surface area contributed by atoms with E-state index in [1.165, 1.54) is 7.11 Å². The fourth-order valence-corrected chi connectivity index (χ4v) is 3.53. The van der Waals surface area contributed by atoms with Crippen LogP contribution >= 0.6 is 0 Å². The van der Waals surface area contributed by atoms with Crippen molar-refractivity contribution in [3.8, 4) is 0 Å². The van der Waals surface area contributed by atoms with Crippen molar-refractivity contribution in [2.45, 2.75) is 26.2 Å². The first-order valence-electron chi connectivity index (χ1n) is 9.37. The minimum atomic E-state index is -0.392. The Kier molecular flexibility index (Phi) is 6.09. The van der Waals surface area contributed by atoms with Crippen molar-refractivity contribution in [3.63, 3.8) is 0 Å². The maximum Gasteiger partial charge on any atom is 0.338 e. The van der Waals surface area contributed by atoms with Gasteiger partial charge in [0.15, 0.2) is 0 Å². The number of carbonyl (C=O) groups is 3. The van der Waals surface area contributed by atoms with Gasteiger partial charge in [-0.2, -0.15) is 0 Å². The molecule has 6 heteroatoms. The van der Waals surface area contributed by atoms with Crippen LogP contribution in [0.15, 0.2) is 42.5 Å². The summed E-state index contributed by atoms with van der Waals surface area (Å²) < 4.78 is 4.85. The van der Waals surface area contributed by atoms with Crippen molar-refractivity contribution in [3.05, 3.63) is 64.7 Å². The molecule has 146 valence electrons. The third-order valence-corrected chi connectivity index (χ3v) is 4.97. The van der Waals surface area contributed by atoms with Crippen LogP contribution in [0.4, 0.5) is 5.69 Å². The second kappa shape index (κ2) is 8.69. The second-order valence-electron chi connectivity index (χ2n) is 6.76. The third-order valence-electron chi connectivity index (χ3n) is 4.97. The van der Waals surface area contributed by atoms with E-state index in [1.807, 2.05) is 31.2 Å². The van der Waals surface area contributed by atoms with E-state index in [4.69, 9.17) is 4.74 Å². The molecule has 28 heavy (non-hydrogen) atoms. The monoisotopic (exact) mass is 380 g/mol. The summed E-state index contributed by atoms with van der Waals surface area (Å²) in [6, 6.07) is 12.7. The van der Waals surface area contributed by atoms with E-state index >= 15 is 0 Å². The SMILES string of the molecule is COC(=O)c1cccc2c1CCCN2C(=O)CCNC(=O)c1ccccc1C. The van der Waals surface area contributed by atoms with Gasteiger partial charge in [0.2, 0.25) is 5.91 Å². The lowest BCUT2D eigenvalue weighted by atomic mass is 9.96. The normalized spacial score (nSPS) is 12.9. The van der Waals surface area contributed by atoms with Crippen LogP contribution in [0, 0.1) is 6.92 Å². The highest BCUT2D eigenvalue weighted by atomic mass is 16.5. The number of aryl methyl sites for hydroxylation is 1. The summed E-state index contributed by atoms with van der Waals surface area (Å²) in [6.45, 7) is 2.74. The molecule has 1 aliphatic rings. The van der Waals surface area contributed by atoms with E-state index in [0.717, 1.165) is 29.7 Å². The molecule has 0 aromatic heterocycles. The van der Waals surface area contributed by atoms with Gasteiger partial charge < -0.3 is 15.0 Å². The summed E-state index contributed by atoms with van der Waals surface area (Å²) in [5.74, 6) is -0.650. The molecule has 0 aliphatic carbocycles. The molecule has 0 bridgehead atoms. The number of anilines is 1. The quantitative estimate of drug-likeness (QED) is 0.810. The molecule has 0 radical (unpaired) electrons. The lowest BCUT2D eigenvalue weighted by Gasteiger charge is -2.30. The number of fused-ring (bicyclic) bond motifs is 1. The molecule has 0 saturated heterocycles. The van der Waals surface area contributed by atoms with Gasteiger partial charge in [-0.15, -0.1) is 0 Å². The number of amides is 2. The lowest BCUT2D eigenvalue weighted by Crippen LogP contribution is -2.38. The Morgan fingerprint density at radius 1 is 1.07 bits per heavy atom. The average Bonchev–Trinajstić information content (AvgIpc) is 2.72. The van der Waals surface area contributed by atoms with E-state index in [0.29, 0.717) is 17.7 Å². The van der Waals surface area contributed by atoms with E-state index in [-0.39, 0.29) is 24.8 Å². The predicted octanol–water partition coefficient (Wildman–Crippen LogP) is 2.88. The second-order valence-corrected chi connectivity index (χ2v) is 6.76. The number of nitrogens with zero attached hydrogens (tertiary/aromatic N) is 1. The zero-order valence-corrected chi connectivity index (χ0v) is 16.2. The number of ether oxygens (including phenoxy) is 1. The van der Waals surface area contributed by atoms with Crippen LogP contribution in [0.3, 0.4) is 0 Å². The Hall–Kier alpha value is -3.15. The minimum Gasteiger partial charge on any atom is -0.465 e. The molecule has 0 spiro atoms. The van der Waals surface area contributed by atoms with Gasteiger partial charge in [0, 0.05) is 30.8 Å². The number of nitrogens with one attached hydrogen (secondary N) is 1. The Balaban J connectivity index is 1.66. The van der Waals surface area contributed by atoms with Crippen LogP contribution in [-0.2, 0) is 16.0 Å². The molecule has 2 amide bonds. The smallest absolute Gasteiger partial charge is 0.338 e. The van der Waals surface area contributed by atoms with Crippen LogP contribution in [0.5, 0.6) is 0 Å². The molecular formula is C22H24N2O4. The number of hydrogen-bond donors (Lipinski definition) is 1. The van der Waals surface area contributed by atoms with Gasteiger partial charge in [0.25, 0.3) is 5.91 Å². The molecule has 1 aliphatic heterocycles. The molecule has 1 N–H and O–H groups in total. The number of carbonyl (C=O) groups excluding carboxylic acids is 3. The summed E-state index contributed by atoms with van der Waals surface area (Å²) in [7, 11) is 1.35. The molecular weight excluding hydrogens is 356 g/mol. The Bertz CT molecular complexity index is 907. The lowest BCUT2D eigenvalue weighted by molar-refractivity contribution is -0.118. The maximum atomic E-state index is 12.8.